The molecule has 0 N–H and O–H groups in total. The summed E-state index contributed by atoms with van der Waals surface area (Å²) in [5.41, 5.74) is 1.17. The molecule has 8 heteroatoms. The molecule has 1 aliphatic heterocycles. The zero-order valence-corrected chi connectivity index (χ0v) is 16.9. The first-order valence-corrected chi connectivity index (χ1v) is 9.68. The number of rotatable bonds is 6. The third-order valence-corrected chi connectivity index (χ3v) is 4.96. The van der Waals surface area contributed by atoms with Crippen LogP contribution in [0.2, 0.25) is 0 Å². The van der Waals surface area contributed by atoms with Gasteiger partial charge in [-0.25, -0.2) is 9.18 Å². The van der Waals surface area contributed by atoms with E-state index in [1.165, 1.54) is 43.5 Å². The molecule has 0 fully saturated rings. The summed E-state index contributed by atoms with van der Waals surface area (Å²) in [6.45, 7) is 0. The lowest BCUT2D eigenvalue weighted by molar-refractivity contribution is -0.434. The molecule has 0 unspecified atom stereocenters. The largest absolute Gasteiger partial charge is 0.470 e. The smallest absolute Gasteiger partial charge is 0.345 e. The van der Waals surface area contributed by atoms with Crippen LogP contribution in [0.15, 0.2) is 78.5 Å². The van der Waals surface area contributed by atoms with E-state index >= 15 is 0 Å². The van der Waals surface area contributed by atoms with E-state index in [2.05, 4.69) is 0 Å². The Kier molecular flexibility index (Phi) is 5.96. The molecule has 32 heavy (non-hydrogen) atoms. The lowest BCUT2D eigenvalue weighted by Crippen LogP contribution is -2.23. The third kappa shape index (κ3) is 4.21. The Morgan fingerprint density at radius 2 is 1.78 bits per heavy atom. The number of benzene rings is 3. The molecule has 0 saturated heterocycles. The number of hydrogen-bond donors (Lipinski definition) is 0. The molecule has 162 valence electrons. The van der Waals surface area contributed by atoms with Gasteiger partial charge in [-0.1, -0.05) is 54.6 Å². The maximum Gasteiger partial charge on any atom is 0.345 e. The summed E-state index contributed by atoms with van der Waals surface area (Å²) in [5.74, 6) is -0.879. The fourth-order valence-corrected chi connectivity index (χ4v) is 3.45. The van der Waals surface area contributed by atoms with Gasteiger partial charge in [-0.15, -0.1) is 0 Å². The summed E-state index contributed by atoms with van der Waals surface area (Å²) in [5, 5.41) is 11.6. The van der Waals surface area contributed by atoms with Crippen molar-refractivity contribution in [2.24, 2.45) is 0 Å². The lowest BCUT2D eigenvalue weighted by atomic mass is 10.0. The van der Waals surface area contributed by atoms with E-state index in [9.17, 15) is 19.3 Å². The summed E-state index contributed by atoms with van der Waals surface area (Å²) in [7, 11) is 1.40. The number of hydrogen-bond acceptors (Lipinski definition) is 6. The summed E-state index contributed by atoms with van der Waals surface area (Å²) < 4.78 is 30.2. The molecule has 7 nitrogen and oxygen atoms in total. The van der Waals surface area contributed by atoms with Crippen LogP contribution in [0.4, 0.5) is 4.39 Å². The minimum atomic E-state index is -1.11. The highest BCUT2D eigenvalue weighted by Gasteiger charge is 2.35. The molecule has 4 rings (SSSR count). The molecule has 3 aromatic rings. The number of fused-ring (bicyclic) bond motifs is 1. The molecule has 0 spiro atoms. The molecule has 0 amide bonds. The quantitative estimate of drug-likeness (QED) is 0.238. The molecule has 0 bridgehead atoms. The molecular formula is C24H18FNO6. The highest BCUT2D eigenvalue weighted by molar-refractivity contribution is 5.80. The Hall–Kier alpha value is -4.04. The van der Waals surface area contributed by atoms with Gasteiger partial charge in [0.1, 0.15) is 5.82 Å². The van der Waals surface area contributed by atoms with Gasteiger partial charge in [-0.3, -0.25) is 10.1 Å². The van der Waals surface area contributed by atoms with E-state index in [-0.39, 0.29) is 17.2 Å². The number of carbonyl (C=O) groups excluding carboxylic acids is 1. The number of esters is 1. The van der Waals surface area contributed by atoms with E-state index in [0.717, 1.165) is 0 Å². The molecular weight excluding hydrogens is 417 g/mol. The van der Waals surface area contributed by atoms with Crippen molar-refractivity contribution in [1.82, 2.24) is 0 Å². The van der Waals surface area contributed by atoms with Crippen molar-refractivity contribution in [1.29, 1.82) is 0 Å². The molecule has 0 radical (unpaired) electrons. The van der Waals surface area contributed by atoms with Gasteiger partial charge in [0, 0.05) is 24.3 Å². The Bertz CT molecular complexity index is 1180. The molecule has 1 heterocycles. The van der Waals surface area contributed by atoms with Crippen LogP contribution in [-0.2, 0) is 9.53 Å². The number of para-hydroxylation sites is 1. The average Bonchev–Trinajstić information content (AvgIpc) is 2.80. The third-order valence-electron chi connectivity index (χ3n) is 4.96. The molecule has 0 aliphatic carbocycles. The standard InChI is InChI=1S/C24H18FNO6/c1-30-23(15-6-3-2-4-7-15)24(27)31-20-9-5-8-17-14-19(26(28)29)21(32-22(17)20)16-10-12-18(25)13-11-16/h2-14,21,23H,1H3/t21-,23+/m1/s1. The van der Waals surface area contributed by atoms with Gasteiger partial charge in [0.25, 0.3) is 5.70 Å². The van der Waals surface area contributed by atoms with Crippen LogP contribution in [0, 0.1) is 15.9 Å². The van der Waals surface area contributed by atoms with Gasteiger partial charge in [0.2, 0.25) is 6.10 Å². The minimum absolute atomic E-state index is 0.0937. The number of halogens is 1. The van der Waals surface area contributed by atoms with E-state index in [1.807, 2.05) is 6.07 Å². The average molecular weight is 435 g/mol. The first-order valence-electron chi connectivity index (χ1n) is 9.68. The van der Waals surface area contributed by atoms with Crippen molar-refractivity contribution < 1.29 is 28.3 Å². The second-order valence-corrected chi connectivity index (χ2v) is 7.00. The summed E-state index contributed by atoms with van der Waals surface area (Å²) >= 11 is 0. The van der Waals surface area contributed by atoms with Crippen LogP contribution in [0.5, 0.6) is 11.5 Å². The number of nitro groups is 1. The number of carbonyl (C=O) groups is 1. The van der Waals surface area contributed by atoms with Crippen molar-refractivity contribution >= 4 is 12.0 Å². The molecule has 0 aromatic heterocycles. The molecule has 0 saturated carbocycles. The van der Waals surface area contributed by atoms with Crippen LogP contribution in [0.25, 0.3) is 6.08 Å². The van der Waals surface area contributed by atoms with Gasteiger partial charge in [0.05, 0.1) is 4.92 Å². The Morgan fingerprint density at radius 3 is 2.44 bits per heavy atom. The molecule has 3 aromatic carbocycles. The normalized spacial score (nSPS) is 15.7. The Balaban J connectivity index is 1.68. The van der Waals surface area contributed by atoms with Crippen molar-refractivity contribution in [2.45, 2.75) is 12.2 Å². The van der Waals surface area contributed by atoms with Gasteiger partial charge in [-0.2, -0.15) is 0 Å². The predicted octanol–water partition coefficient (Wildman–Crippen LogP) is 4.87. The van der Waals surface area contributed by atoms with E-state index in [0.29, 0.717) is 16.7 Å². The highest BCUT2D eigenvalue weighted by atomic mass is 19.1. The second kappa shape index (κ2) is 8.99. The van der Waals surface area contributed by atoms with Crippen molar-refractivity contribution in [3.05, 3.63) is 111 Å². The SMILES string of the molecule is CO[C@H](C(=O)Oc1cccc2c1O[C@H](c1ccc(F)cc1)C([N+](=O)[O-])=C2)c1ccccc1. The first-order chi connectivity index (χ1) is 15.5. The first kappa shape index (κ1) is 21.2. The molecule has 1 aliphatic rings. The van der Waals surface area contributed by atoms with Crippen LogP contribution in [0.1, 0.15) is 28.9 Å². The van der Waals surface area contributed by atoms with Gasteiger partial charge < -0.3 is 14.2 Å². The number of ether oxygens (including phenoxy) is 3. The summed E-state index contributed by atoms with van der Waals surface area (Å²) in [6.07, 6.45) is -0.714. The lowest BCUT2D eigenvalue weighted by Gasteiger charge is -2.24. The van der Waals surface area contributed by atoms with Crippen molar-refractivity contribution in [2.75, 3.05) is 7.11 Å². The zero-order valence-electron chi connectivity index (χ0n) is 16.9. The minimum Gasteiger partial charge on any atom is -0.470 e. The maximum atomic E-state index is 13.3. The van der Waals surface area contributed by atoms with Crippen LogP contribution >= 0.6 is 0 Å². The predicted molar refractivity (Wildman–Crippen MR) is 113 cm³/mol. The Morgan fingerprint density at radius 1 is 1.06 bits per heavy atom. The van der Waals surface area contributed by atoms with Crippen LogP contribution in [0.3, 0.4) is 0 Å². The van der Waals surface area contributed by atoms with Crippen LogP contribution in [-0.4, -0.2) is 18.0 Å². The monoisotopic (exact) mass is 435 g/mol. The maximum absolute atomic E-state index is 13.3. The highest BCUT2D eigenvalue weighted by Crippen LogP contribution is 2.43. The van der Waals surface area contributed by atoms with E-state index < -0.39 is 28.9 Å². The van der Waals surface area contributed by atoms with Crippen LogP contribution < -0.4 is 9.47 Å². The molecule has 2 atom stereocenters. The summed E-state index contributed by atoms with van der Waals surface area (Å²) in [4.78, 5) is 23.9. The fraction of sp³-hybridized carbons (Fsp3) is 0.125. The van der Waals surface area contributed by atoms with Gasteiger partial charge >= 0.3 is 5.97 Å². The summed E-state index contributed by atoms with van der Waals surface area (Å²) in [6, 6.07) is 18.8. The topological polar surface area (TPSA) is 87.9 Å². The zero-order chi connectivity index (χ0) is 22.7. The van der Waals surface area contributed by atoms with E-state index in [1.54, 1.807) is 36.4 Å². The van der Waals surface area contributed by atoms with Crippen molar-refractivity contribution in [3.8, 4) is 11.5 Å². The number of methoxy groups -OCH3 is 1. The van der Waals surface area contributed by atoms with E-state index in [4.69, 9.17) is 14.2 Å². The number of nitrogens with zero attached hydrogens (tertiary/aromatic N) is 1. The van der Waals surface area contributed by atoms with Gasteiger partial charge in [0.15, 0.2) is 17.6 Å². The Labute approximate surface area is 182 Å². The second-order valence-electron chi connectivity index (χ2n) is 7.00. The fourth-order valence-electron chi connectivity index (χ4n) is 3.45. The van der Waals surface area contributed by atoms with Crippen molar-refractivity contribution in [3.63, 3.8) is 0 Å². The van der Waals surface area contributed by atoms with Gasteiger partial charge in [-0.05, 0) is 23.8 Å².